The fourth-order valence-corrected chi connectivity index (χ4v) is 3.39. The van der Waals surface area contributed by atoms with E-state index >= 15 is 0 Å². The summed E-state index contributed by atoms with van der Waals surface area (Å²) in [5, 5.41) is 4.14. The van der Waals surface area contributed by atoms with Crippen LogP contribution in [-0.2, 0) is 11.2 Å². The van der Waals surface area contributed by atoms with Crippen molar-refractivity contribution in [1.29, 1.82) is 0 Å². The van der Waals surface area contributed by atoms with Crippen LogP contribution >= 0.6 is 0 Å². The molecule has 5 heteroatoms. The van der Waals surface area contributed by atoms with E-state index in [0.29, 0.717) is 24.7 Å². The molecule has 132 valence electrons. The third-order valence-corrected chi connectivity index (χ3v) is 4.91. The maximum absolute atomic E-state index is 12.3. The summed E-state index contributed by atoms with van der Waals surface area (Å²) in [5.74, 6) is 1.31. The Kier molecular flexibility index (Phi) is 4.52. The normalized spacial score (nSPS) is 17.0. The zero-order valence-corrected chi connectivity index (χ0v) is 14.8. The van der Waals surface area contributed by atoms with Gasteiger partial charge in [0.05, 0.1) is 0 Å². The van der Waals surface area contributed by atoms with Crippen LogP contribution in [0.2, 0.25) is 0 Å². The van der Waals surface area contributed by atoms with Gasteiger partial charge < -0.3 is 9.42 Å². The van der Waals surface area contributed by atoms with Crippen LogP contribution in [0.3, 0.4) is 0 Å². The Hall–Kier alpha value is -2.95. The molecule has 2 heterocycles. The Morgan fingerprint density at radius 3 is 2.69 bits per heavy atom. The lowest BCUT2D eigenvalue weighted by Crippen LogP contribution is -2.27. The molecule has 26 heavy (non-hydrogen) atoms. The van der Waals surface area contributed by atoms with Gasteiger partial charge in [0, 0.05) is 31.0 Å². The molecule has 0 bridgehead atoms. The number of benzene rings is 2. The minimum Gasteiger partial charge on any atom is -0.342 e. The van der Waals surface area contributed by atoms with Gasteiger partial charge in [-0.25, -0.2) is 0 Å². The number of aryl methyl sites for hydroxylation is 1. The maximum Gasteiger partial charge on any atom is 0.258 e. The van der Waals surface area contributed by atoms with Gasteiger partial charge in [-0.1, -0.05) is 53.7 Å². The summed E-state index contributed by atoms with van der Waals surface area (Å²) < 4.78 is 5.45. The Morgan fingerprint density at radius 2 is 1.88 bits per heavy atom. The SMILES string of the molecule is Cc1ccccc1-c1nc(C2CC(=O)N(CCc3ccccc3)C2)no1. The first-order chi connectivity index (χ1) is 12.7. The molecule has 1 aliphatic heterocycles. The average molecular weight is 347 g/mol. The van der Waals surface area contributed by atoms with Crippen molar-refractivity contribution in [2.24, 2.45) is 0 Å². The molecule has 1 amide bonds. The number of carbonyl (C=O) groups is 1. The first-order valence-corrected chi connectivity index (χ1v) is 8.92. The lowest BCUT2D eigenvalue weighted by Gasteiger charge is -2.15. The zero-order valence-electron chi connectivity index (χ0n) is 14.8. The molecule has 0 spiro atoms. The monoisotopic (exact) mass is 347 g/mol. The molecule has 0 aliphatic carbocycles. The van der Waals surface area contributed by atoms with Crippen molar-refractivity contribution in [1.82, 2.24) is 15.0 Å². The van der Waals surface area contributed by atoms with Crippen LogP contribution < -0.4 is 0 Å². The van der Waals surface area contributed by atoms with Crippen molar-refractivity contribution < 1.29 is 9.32 Å². The van der Waals surface area contributed by atoms with Gasteiger partial charge in [0.1, 0.15) is 0 Å². The molecule has 1 fully saturated rings. The first kappa shape index (κ1) is 16.5. The van der Waals surface area contributed by atoms with Crippen LogP contribution in [0, 0.1) is 6.92 Å². The maximum atomic E-state index is 12.3. The van der Waals surface area contributed by atoms with Crippen LogP contribution in [0.4, 0.5) is 0 Å². The molecule has 3 aromatic rings. The molecule has 0 saturated carbocycles. The summed E-state index contributed by atoms with van der Waals surface area (Å²) in [7, 11) is 0. The summed E-state index contributed by atoms with van der Waals surface area (Å²) in [4.78, 5) is 18.8. The molecule has 1 saturated heterocycles. The van der Waals surface area contributed by atoms with E-state index in [0.717, 1.165) is 24.1 Å². The predicted molar refractivity (Wildman–Crippen MR) is 98.6 cm³/mol. The van der Waals surface area contributed by atoms with Crippen LogP contribution in [-0.4, -0.2) is 34.0 Å². The van der Waals surface area contributed by atoms with E-state index in [1.54, 1.807) is 0 Å². The van der Waals surface area contributed by atoms with E-state index in [1.807, 2.05) is 54.3 Å². The number of nitrogens with zero attached hydrogens (tertiary/aromatic N) is 3. The minimum atomic E-state index is -0.000193. The van der Waals surface area contributed by atoms with Crippen molar-refractivity contribution in [3.8, 4) is 11.5 Å². The molecule has 5 nitrogen and oxygen atoms in total. The first-order valence-electron chi connectivity index (χ1n) is 8.92. The minimum absolute atomic E-state index is 0.000193. The molecule has 2 aromatic carbocycles. The molecule has 1 atom stereocenters. The summed E-state index contributed by atoms with van der Waals surface area (Å²) in [6.07, 6.45) is 1.31. The second-order valence-electron chi connectivity index (χ2n) is 6.75. The molecule has 4 rings (SSSR count). The Balaban J connectivity index is 1.43. The summed E-state index contributed by atoms with van der Waals surface area (Å²) >= 11 is 0. The number of amides is 1. The Bertz CT molecular complexity index is 904. The van der Waals surface area contributed by atoms with Crippen molar-refractivity contribution in [3.63, 3.8) is 0 Å². The topological polar surface area (TPSA) is 59.2 Å². The van der Waals surface area contributed by atoms with E-state index in [-0.39, 0.29) is 11.8 Å². The van der Waals surface area contributed by atoms with E-state index in [2.05, 4.69) is 22.3 Å². The summed E-state index contributed by atoms with van der Waals surface area (Å²) in [5.41, 5.74) is 3.27. The number of aromatic nitrogens is 2. The van der Waals surface area contributed by atoms with E-state index in [4.69, 9.17) is 4.52 Å². The summed E-state index contributed by atoms with van der Waals surface area (Å²) in [6, 6.07) is 18.2. The molecule has 0 radical (unpaired) electrons. The van der Waals surface area contributed by atoms with Gasteiger partial charge >= 0.3 is 0 Å². The van der Waals surface area contributed by atoms with Crippen LogP contribution in [0.15, 0.2) is 59.1 Å². The molecule has 1 aliphatic rings. The van der Waals surface area contributed by atoms with Gasteiger partial charge in [-0.15, -0.1) is 0 Å². The molecular formula is C21H21N3O2. The number of hydrogen-bond donors (Lipinski definition) is 0. The quantitative estimate of drug-likeness (QED) is 0.707. The van der Waals surface area contributed by atoms with Crippen LogP contribution in [0.25, 0.3) is 11.5 Å². The van der Waals surface area contributed by atoms with Crippen LogP contribution in [0.5, 0.6) is 0 Å². The fourth-order valence-electron chi connectivity index (χ4n) is 3.39. The number of rotatable bonds is 5. The van der Waals surface area contributed by atoms with Gasteiger partial charge in [0.25, 0.3) is 5.89 Å². The molecular weight excluding hydrogens is 326 g/mol. The summed E-state index contributed by atoms with van der Waals surface area (Å²) in [6.45, 7) is 3.39. The van der Waals surface area contributed by atoms with Gasteiger partial charge in [-0.05, 0) is 30.5 Å². The highest BCUT2D eigenvalue weighted by molar-refractivity contribution is 5.79. The second kappa shape index (κ2) is 7.12. The van der Waals surface area contributed by atoms with Crippen molar-refractivity contribution >= 4 is 5.91 Å². The lowest BCUT2D eigenvalue weighted by molar-refractivity contribution is -0.127. The number of carbonyl (C=O) groups excluding carboxylic acids is 1. The van der Waals surface area contributed by atoms with Crippen molar-refractivity contribution in [2.75, 3.05) is 13.1 Å². The Morgan fingerprint density at radius 1 is 1.12 bits per heavy atom. The van der Waals surface area contributed by atoms with Gasteiger partial charge in [-0.2, -0.15) is 4.98 Å². The lowest BCUT2D eigenvalue weighted by atomic mass is 10.1. The molecule has 1 aromatic heterocycles. The highest BCUT2D eigenvalue weighted by Crippen LogP contribution is 2.29. The largest absolute Gasteiger partial charge is 0.342 e. The van der Waals surface area contributed by atoms with Gasteiger partial charge in [0.15, 0.2) is 5.82 Å². The van der Waals surface area contributed by atoms with E-state index < -0.39 is 0 Å². The third-order valence-electron chi connectivity index (χ3n) is 4.91. The highest BCUT2D eigenvalue weighted by Gasteiger charge is 2.33. The third kappa shape index (κ3) is 3.38. The van der Waals surface area contributed by atoms with Crippen LogP contribution in [0.1, 0.15) is 29.3 Å². The van der Waals surface area contributed by atoms with E-state index in [1.165, 1.54) is 5.56 Å². The van der Waals surface area contributed by atoms with E-state index in [9.17, 15) is 4.79 Å². The Labute approximate surface area is 152 Å². The van der Waals surface area contributed by atoms with Crippen molar-refractivity contribution in [2.45, 2.75) is 25.7 Å². The number of likely N-dealkylation sites (tertiary alicyclic amines) is 1. The van der Waals surface area contributed by atoms with Gasteiger partial charge in [-0.3, -0.25) is 4.79 Å². The predicted octanol–water partition coefficient (Wildman–Crippen LogP) is 3.60. The fraction of sp³-hybridized carbons (Fsp3) is 0.286. The van der Waals surface area contributed by atoms with Crippen molar-refractivity contribution in [3.05, 3.63) is 71.5 Å². The standard InChI is InChI=1S/C21H21N3O2/c1-15-7-5-6-10-18(15)21-22-20(23-26-21)17-13-19(25)24(14-17)12-11-16-8-3-2-4-9-16/h2-10,17H,11-14H2,1H3. The molecule has 1 unspecified atom stereocenters. The smallest absolute Gasteiger partial charge is 0.258 e. The average Bonchev–Trinajstić information content (AvgIpc) is 3.28. The molecule has 0 N–H and O–H groups in total. The second-order valence-corrected chi connectivity index (χ2v) is 6.75. The highest BCUT2D eigenvalue weighted by atomic mass is 16.5. The number of hydrogen-bond acceptors (Lipinski definition) is 4. The zero-order chi connectivity index (χ0) is 17.9. The van der Waals surface area contributed by atoms with Gasteiger partial charge in [0.2, 0.25) is 5.91 Å².